The molecule has 0 radical (unpaired) electrons. The van der Waals surface area contributed by atoms with E-state index in [1.165, 1.54) is 0 Å². The first-order valence-electron chi connectivity index (χ1n) is 4.40. The smallest absolute Gasteiger partial charge is 0.136 e. The summed E-state index contributed by atoms with van der Waals surface area (Å²) in [5.74, 6) is 0. The molecule has 0 aliphatic heterocycles. The summed E-state index contributed by atoms with van der Waals surface area (Å²) in [6.45, 7) is 8.46. The van der Waals surface area contributed by atoms with E-state index in [0.29, 0.717) is 0 Å². The Bertz CT molecular complexity index is 194. The Balaban J connectivity index is 4.25. The summed E-state index contributed by atoms with van der Waals surface area (Å²) in [5.41, 5.74) is 6.01. The third-order valence-corrected chi connectivity index (χ3v) is 5.09. The Morgan fingerprint density at radius 2 is 1.77 bits per heavy atom. The number of halogens is 2. The standard InChI is InChI=1S/C9H19Cl2NSi/c1-8(2,5-9(3,4)12)6-13(11)7-10/h7H,5-6,12H2,1-4H3/b13-7-. The van der Waals surface area contributed by atoms with Crippen LogP contribution in [0.5, 0.6) is 0 Å². The van der Waals surface area contributed by atoms with Crippen LogP contribution in [0.25, 0.3) is 0 Å². The van der Waals surface area contributed by atoms with E-state index in [2.05, 4.69) is 13.8 Å². The fourth-order valence-corrected chi connectivity index (χ4v) is 4.22. The van der Waals surface area contributed by atoms with Gasteiger partial charge in [-0.15, -0.1) is 11.1 Å². The van der Waals surface area contributed by atoms with Gasteiger partial charge in [0.25, 0.3) is 0 Å². The number of nitrogens with two attached hydrogens (primary N) is 1. The zero-order valence-electron chi connectivity index (χ0n) is 8.82. The van der Waals surface area contributed by atoms with E-state index in [1.54, 1.807) is 5.13 Å². The minimum Gasteiger partial charge on any atom is -0.326 e. The van der Waals surface area contributed by atoms with Gasteiger partial charge in [-0.05, 0) is 36.9 Å². The first-order valence-corrected chi connectivity index (χ1v) is 7.63. The van der Waals surface area contributed by atoms with Crippen LogP contribution in [0.15, 0.2) is 0 Å². The summed E-state index contributed by atoms with van der Waals surface area (Å²) in [6, 6.07) is 0.962. The Morgan fingerprint density at radius 3 is 2.08 bits per heavy atom. The average molecular weight is 240 g/mol. The Hall–Kier alpha value is 0.627. The minimum atomic E-state index is -1.00. The van der Waals surface area contributed by atoms with Crippen molar-refractivity contribution < 1.29 is 0 Å². The molecule has 0 aromatic rings. The molecule has 4 heteroatoms. The molecule has 0 aromatic heterocycles. The normalized spacial score (nSPS) is 14.8. The van der Waals surface area contributed by atoms with Crippen molar-refractivity contribution in [3.63, 3.8) is 0 Å². The number of hydrogen-bond donors (Lipinski definition) is 1. The molecule has 0 aliphatic rings. The van der Waals surface area contributed by atoms with Crippen molar-refractivity contribution in [2.45, 2.75) is 45.7 Å². The molecule has 0 bridgehead atoms. The van der Waals surface area contributed by atoms with E-state index < -0.39 is 7.72 Å². The van der Waals surface area contributed by atoms with Crippen LogP contribution in [-0.4, -0.2) is 18.4 Å². The highest BCUT2D eigenvalue weighted by molar-refractivity contribution is 7.14. The summed E-state index contributed by atoms with van der Waals surface area (Å²) in [4.78, 5) is 0. The number of rotatable bonds is 4. The monoisotopic (exact) mass is 239 g/mol. The second kappa shape index (κ2) is 4.92. The van der Waals surface area contributed by atoms with Crippen molar-refractivity contribution >= 4 is 35.5 Å². The van der Waals surface area contributed by atoms with Crippen LogP contribution in [0, 0.1) is 5.41 Å². The first kappa shape index (κ1) is 13.6. The lowest BCUT2D eigenvalue weighted by molar-refractivity contribution is 0.286. The molecular formula is C9H19Cl2NSi. The van der Waals surface area contributed by atoms with Gasteiger partial charge in [-0.3, -0.25) is 0 Å². The summed E-state index contributed by atoms with van der Waals surface area (Å²) in [5, 5.41) is 1.61. The Kier molecular flexibility index (Phi) is 5.16. The molecule has 0 saturated carbocycles. The van der Waals surface area contributed by atoms with Crippen molar-refractivity contribution in [3.05, 3.63) is 0 Å². The maximum Gasteiger partial charge on any atom is 0.136 e. The molecule has 0 fully saturated rings. The van der Waals surface area contributed by atoms with E-state index in [0.717, 1.165) is 12.5 Å². The van der Waals surface area contributed by atoms with Gasteiger partial charge in [0.05, 0.1) is 0 Å². The van der Waals surface area contributed by atoms with E-state index >= 15 is 0 Å². The van der Waals surface area contributed by atoms with Crippen molar-refractivity contribution in [3.8, 4) is 0 Å². The molecule has 0 unspecified atom stereocenters. The molecule has 0 atom stereocenters. The zero-order valence-corrected chi connectivity index (χ0v) is 11.3. The van der Waals surface area contributed by atoms with Crippen LogP contribution in [0.3, 0.4) is 0 Å². The lowest BCUT2D eigenvalue weighted by atomic mass is 9.82. The van der Waals surface area contributed by atoms with E-state index in [1.807, 2.05) is 13.8 Å². The zero-order chi connectivity index (χ0) is 10.7. The van der Waals surface area contributed by atoms with Crippen LogP contribution < -0.4 is 5.73 Å². The fraction of sp³-hybridized carbons (Fsp3) is 0.889. The molecule has 2 N–H and O–H groups in total. The Labute approximate surface area is 92.5 Å². The van der Waals surface area contributed by atoms with Crippen LogP contribution in [0.1, 0.15) is 34.1 Å². The summed E-state index contributed by atoms with van der Waals surface area (Å²) in [6.07, 6.45) is 0.964. The summed E-state index contributed by atoms with van der Waals surface area (Å²) in [7, 11) is -1.00. The first-order chi connectivity index (χ1) is 5.66. The molecule has 0 rings (SSSR count). The van der Waals surface area contributed by atoms with Gasteiger partial charge in [0, 0.05) is 5.54 Å². The average Bonchev–Trinajstić information content (AvgIpc) is 1.80. The van der Waals surface area contributed by atoms with Gasteiger partial charge >= 0.3 is 0 Å². The third kappa shape index (κ3) is 7.68. The van der Waals surface area contributed by atoms with Gasteiger partial charge < -0.3 is 5.73 Å². The van der Waals surface area contributed by atoms with Gasteiger partial charge in [-0.25, -0.2) is 0 Å². The summed E-state index contributed by atoms with van der Waals surface area (Å²) < 4.78 is 0. The highest BCUT2D eigenvalue weighted by Gasteiger charge is 2.26. The SMILES string of the molecule is CC(C)(N)CC(C)(C)C/[Si](Cl)=C/Cl. The Morgan fingerprint density at radius 1 is 1.31 bits per heavy atom. The summed E-state index contributed by atoms with van der Waals surface area (Å²) >= 11 is 11.6. The highest BCUT2D eigenvalue weighted by Crippen LogP contribution is 2.31. The van der Waals surface area contributed by atoms with Crippen LogP contribution in [0.2, 0.25) is 6.04 Å². The van der Waals surface area contributed by atoms with Crippen LogP contribution in [0.4, 0.5) is 0 Å². The molecule has 0 aliphatic carbocycles. The maximum atomic E-state index is 6.05. The molecule has 13 heavy (non-hydrogen) atoms. The highest BCUT2D eigenvalue weighted by atomic mass is 35.6. The van der Waals surface area contributed by atoms with Crippen LogP contribution in [-0.2, 0) is 0 Å². The van der Waals surface area contributed by atoms with Gasteiger partial charge in [0.15, 0.2) is 0 Å². The largest absolute Gasteiger partial charge is 0.326 e. The lowest BCUT2D eigenvalue weighted by Gasteiger charge is -2.32. The molecular weight excluding hydrogens is 221 g/mol. The van der Waals surface area contributed by atoms with Crippen molar-refractivity contribution in [1.82, 2.24) is 0 Å². The van der Waals surface area contributed by atoms with E-state index in [9.17, 15) is 0 Å². The molecule has 0 heterocycles. The van der Waals surface area contributed by atoms with Gasteiger partial charge in [-0.2, -0.15) is 0 Å². The molecule has 0 aromatic carbocycles. The van der Waals surface area contributed by atoms with Crippen LogP contribution >= 0.6 is 22.7 Å². The number of hydrogen-bond acceptors (Lipinski definition) is 1. The molecule has 0 spiro atoms. The topological polar surface area (TPSA) is 26.0 Å². The second-order valence-electron chi connectivity index (χ2n) is 5.06. The van der Waals surface area contributed by atoms with Gasteiger partial charge in [0.2, 0.25) is 0 Å². The van der Waals surface area contributed by atoms with E-state index in [-0.39, 0.29) is 11.0 Å². The minimum absolute atomic E-state index is 0.130. The maximum absolute atomic E-state index is 6.05. The molecule has 0 amide bonds. The van der Waals surface area contributed by atoms with Gasteiger partial charge in [0.1, 0.15) is 7.72 Å². The van der Waals surface area contributed by atoms with Gasteiger partial charge in [-0.1, -0.05) is 25.4 Å². The fourth-order valence-electron chi connectivity index (χ4n) is 1.79. The predicted octanol–water partition coefficient (Wildman–Crippen LogP) is 2.95. The van der Waals surface area contributed by atoms with Crippen molar-refractivity contribution in [2.24, 2.45) is 11.1 Å². The molecule has 78 valence electrons. The molecule has 0 saturated heterocycles. The predicted molar refractivity (Wildman–Crippen MR) is 65.0 cm³/mol. The van der Waals surface area contributed by atoms with E-state index in [4.69, 9.17) is 28.4 Å². The quantitative estimate of drug-likeness (QED) is 0.593. The molecule has 1 nitrogen and oxygen atoms in total. The lowest BCUT2D eigenvalue weighted by Crippen LogP contribution is -2.37. The second-order valence-corrected chi connectivity index (χ2v) is 8.64. The third-order valence-electron chi connectivity index (χ3n) is 1.70. The van der Waals surface area contributed by atoms with Crippen molar-refractivity contribution in [2.75, 3.05) is 0 Å². The van der Waals surface area contributed by atoms with Crippen molar-refractivity contribution in [1.29, 1.82) is 0 Å².